The molecule has 0 amide bonds. The number of isocyanates is 1. The van der Waals surface area contributed by atoms with Crippen molar-refractivity contribution in [2.75, 3.05) is 17.6 Å². The van der Waals surface area contributed by atoms with Crippen LogP contribution in [0.2, 0.25) is 0 Å². The molecule has 1 rings (SSSR count). The summed E-state index contributed by atoms with van der Waals surface area (Å²) < 4.78 is 23.8. The Bertz CT molecular complexity index is 519. The van der Waals surface area contributed by atoms with Crippen molar-refractivity contribution in [1.29, 1.82) is 0 Å². The Kier molecular flexibility index (Phi) is 3.82. The second kappa shape index (κ2) is 4.92. The highest BCUT2D eigenvalue weighted by atomic mass is 32.2. The molecule has 0 aliphatic carbocycles. The number of aliphatic imine (C=N–C) groups is 1. The van der Waals surface area contributed by atoms with Gasteiger partial charge in [-0.25, -0.2) is 18.2 Å². The first-order valence-corrected chi connectivity index (χ1v) is 6.36. The minimum atomic E-state index is -3.27. The van der Waals surface area contributed by atoms with Crippen LogP contribution in [0.3, 0.4) is 0 Å². The van der Waals surface area contributed by atoms with Gasteiger partial charge in [0.05, 0.1) is 18.5 Å². The number of sulfonamides is 1. The lowest BCUT2D eigenvalue weighted by molar-refractivity contribution is 0.562. The fraction of sp³-hybridized carbons (Fsp3) is 0.300. The molecule has 0 spiro atoms. The molecule has 0 aliphatic heterocycles. The molecular weight excluding hydrogens is 228 g/mol. The van der Waals surface area contributed by atoms with Gasteiger partial charge in [-0.15, -0.1) is 0 Å². The maximum Gasteiger partial charge on any atom is 0.235 e. The number of hydrogen-bond donors (Lipinski definition) is 0. The van der Waals surface area contributed by atoms with Crippen LogP contribution < -0.4 is 4.31 Å². The van der Waals surface area contributed by atoms with E-state index in [0.717, 1.165) is 11.8 Å². The highest BCUT2D eigenvalue weighted by Gasteiger charge is 2.11. The molecule has 0 radical (unpaired) electrons. The van der Waals surface area contributed by atoms with Gasteiger partial charge in [0.1, 0.15) is 0 Å². The lowest BCUT2D eigenvalue weighted by atomic mass is 10.2. The summed E-state index contributed by atoms with van der Waals surface area (Å²) in [6, 6.07) is 6.82. The Morgan fingerprint density at radius 3 is 2.69 bits per heavy atom. The normalized spacial score (nSPS) is 10.6. The summed E-state index contributed by atoms with van der Waals surface area (Å²) >= 11 is 0. The van der Waals surface area contributed by atoms with Crippen LogP contribution >= 0.6 is 0 Å². The number of hydrogen-bond acceptors (Lipinski definition) is 4. The van der Waals surface area contributed by atoms with Gasteiger partial charge < -0.3 is 0 Å². The largest absolute Gasteiger partial charge is 0.274 e. The van der Waals surface area contributed by atoms with E-state index < -0.39 is 10.0 Å². The van der Waals surface area contributed by atoms with Gasteiger partial charge in [0, 0.05) is 7.05 Å². The molecule has 0 atom stereocenters. The molecule has 0 fully saturated rings. The molecule has 0 saturated carbocycles. The summed E-state index contributed by atoms with van der Waals surface area (Å²) in [7, 11) is -1.80. The quantitative estimate of drug-likeness (QED) is 0.580. The fourth-order valence-corrected chi connectivity index (χ4v) is 1.66. The third kappa shape index (κ3) is 3.18. The van der Waals surface area contributed by atoms with Gasteiger partial charge in [-0.3, -0.25) is 4.31 Å². The highest BCUT2D eigenvalue weighted by Crippen LogP contribution is 2.17. The Labute approximate surface area is 94.5 Å². The predicted molar refractivity (Wildman–Crippen MR) is 61.5 cm³/mol. The topological polar surface area (TPSA) is 66.8 Å². The second-order valence-corrected chi connectivity index (χ2v) is 5.32. The smallest absolute Gasteiger partial charge is 0.235 e. The molecule has 16 heavy (non-hydrogen) atoms. The maximum absolute atomic E-state index is 11.3. The van der Waals surface area contributed by atoms with Gasteiger partial charge in [-0.1, -0.05) is 12.1 Å². The van der Waals surface area contributed by atoms with Gasteiger partial charge >= 0.3 is 0 Å². The van der Waals surface area contributed by atoms with Crippen molar-refractivity contribution in [1.82, 2.24) is 0 Å². The summed E-state index contributed by atoms with van der Waals surface area (Å²) in [5.74, 6) is 0. The molecule has 1 aromatic rings. The zero-order valence-electron chi connectivity index (χ0n) is 9.04. The molecule has 0 N–H and O–H groups in total. The summed E-state index contributed by atoms with van der Waals surface area (Å²) in [4.78, 5) is 13.4. The number of rotatable bonds is 4. The summed E-state index contributed by atoms with van der Waals surface area (Å²) in [5, 5.41) is 0. The average Bonchev–Trinajstić information content (AvgIpc) is 2.24. The first-order chi connectivity index (χ1) is 7.45. The van der Waals surface area contributed by atoms with Crippen LogP contribution in [0.25, 0.3) is 0 Å². The van der Waals surface area contributed by atoms with E-state index >= 15 is 0 Å². The first kappa shape index (κ1) is 12.4. The van der Waals surface area contributed by atoms with Crippen LogP contribution in [0.15, 0.2) is 29.3 Å². The predicted octanol–water partition coefficient (Wildman–Crippen LogP) is 0.918. The van der Waals surface area contributed by atoms with Crippen molar-refractivity contribution in [3.05, 3.63) is 29.8 Å². The number of benzene rings is 1. The van der Waals surface area contributed by atoms with Crippen LogP contribution in [-0.4, -0.2) is 27.8 Å². The third-order valence-electron chi connectivity index (χ3n) is 2.10. The van der Waals surface area contributed by atoms with Gasteiger partial charge in [0.15, 0.2) is 0 Å². The Hall–Kier alpha value is -1.65. The Balaban J connectivity index is 3.03. The molecule has 0 saturated heterocycles. The van der Waals surface area contributed by atoms with Crippen molar-refractivity contribution in [3.8, 4) is 0 Å². The van der Waals surface area contributed by atoms with E-state index in [2.05, 4.69) is 4.99 Å². The summed E-state index contributed by atoms with van der Waals surface area (Å²) in [5.41, 5.74) is 1.30. The zero-order valence-corrected chi connectivity index (χ0v) is 9.86. The zero-order chi connectivity index (χ0) is 12.2. The minimum absolute atomic E-state index is 0.203. The molecule has 86 valence electrons. The monoisotopic (exact) mass is 240 g/mol. The molecule has 6 heteroatoms. The molecule has 0 bridgehead atoms. The molecule has 0 unspecified atom stereocenters. The van der Waals surface area contributed by atoms with Gasteiger partial charge in [-0.2, -0.15) is 0 Å². The second-order valence-electron chi connectivity index (χ2n) is 3.31. The van der Waals surface area contributed by atoms with Crippen LogP contribution in [0, 0.1) is 0 Å². The van der Waals surface area contributed by atoms with Crippen molar-refractivity contribution < 1.29 is 13.2 Å². The maximum atomic E-state index is 11.3. The molecule has 1 aromatic carbocycles. The van der Waals surface area contributed by atoms with Crippen LogP contribution in [0.4, 0.5) is 5.69 Å². The van der Waals surface area contributed by atoms with E-state index in [-0.39, 0.29) is 6.54 Å². The Morgan fingerprint density at radius 2 is 2.12 bits per heavy atom. The van der Waals surface area contributed by atoms with Gasteiger partial charge in [0.2, 0.25) is 16.1 Å². The average molecular weight is 240 g/mol. The number of carbonyl (C=O) groups excluding carboxylic acids is 1. The van der Waals surface area contributed by atoms with E-state index in [9.17, 15) is 13.2 Å². The van der Waals surface area contributed by atoms with E-state index in [1.807, 2.05) is 0 Å². The highest BCUT2D eigenvalue weighted by molar-refractivity contribution is 7.92. The Morgan fingerprint density at radius 1 is 1.44 bits per heavy atom. The van der Waals surface area contributed by atoms with Crippen molar-refractivity contribution >= 4 is 21.8 Å². The van der Waals surface area contributed by atoms with Crippen LogP contribution in [-0.2, 0) is 21.4 Å². The molecule has 0 heterocycles. The summed E-state index contributed by atoms with van der Waals surface area (Å²) in [6.07, 6.45) is 2.57. The van der Waals surface area contributed by atoms with E-state index in [0.29, 0.717) is 5.69 Å². The van der Waals surface area contributed by atoms with Crippen LogP contribution in [0.1, 0.15) is 5.56 Å². The molecule has 5 nitrogen and oxygen atoms in total. The third-order valence-corrected chi connectivity index (χ3v) is 3.30. The summed E-state index contributed by atoms with van der Waals surface area (Å²) in [6.45, 7) is 0.203. The number of nitrogens with zero attached hydrogens (tertiary/aromatic N) is 2. The standard InChI is InChI=1S/C10H12N2O3S/c1-12(16(2,14)15)10-5-3-4-9(6-10)7-11-8-13/h3-6H,7H2,1-2H3. The first-order valence-electron chi connectivity index (χ1n) is 4.51. The molecular formula is C10H12N2O3S. The SMILES string of the molecule is CN(c1cccc(CN=C=O)c1)S(C)(=O)=O. The fourth-order valence-electron chi connectivity index (χ4n) is 1.17. The van der Waals surface area contributed by atoms with Gasteiger partial charge in [-0.05, 0) is 17.7 Å². The van der Waals surface area contributed by atoms with E-state index in [4.69, 9.17) is 0 Å². The molecule has 0 aliphatic rings. The number of anilines is 1. The lowest BCUT2D eigenvalue weighted by Gasteiger charge is -2.16. The van der Waals surface area contributed by atoms with Gasteiger partial charge in [0.25, 0.3) is 0 Å². The van der Waals surface area contributed by atoms with E-state index in [1.165, 1.54) is 17.4 Å². The van der Waals surface area contributed by atoms with Crippen molar-refractivity contribution in [2.45, 2.75) is 6.54 Å². The van der Waals surface area contributed by atoms with Crippen molar-refractivity contribution in [3.63, 3.8) is 0 Å². The lowest BCUT2D eigenvalue weighted by Crippen LogP contribution is -2.24. The minimum Gasteiger partial charge on any atom is -0.274 e. The van der Waals surface area contributed by atoms with Crippen LogP contribution in [0.5, 0.6) is 0 Å². The molecule has 0 aromatic heterocycles. The van der Waals surface area contributed by atoms with E-state index in [1.54, 1.807) is 24.3 Å². The van der Waals surface area contributed by atoms with Crippen molar-refractivity contribution in [2.24, 2.45) is 4.99 Å².